The minimum absolute atomic E-state index is 0.0180. The predicted molar refractivity (Wildman–Crippen MR) is 95.6 cm³/mol. The number of hydrogen-bond acceptors (Lipinski definition) is 7. The Morgan fingerprint density at radius 2 is 2.26 bits per heavy atom. The summed E-state index contributed by atoms with van der Waals surface area (Å²) >= 11 is 6.04. The summed E-state index contributed by atoms with van der Waals surface area (Å²) in [6.07, 6.45) is 2.52. The number of aryl methyl sites for hydroxylation is 1. The van der Waals surface area contributed by atoms with E-state index in [1.54, 1.807) is 40.9 Å². The van der Waals surface area contributed by atoms with E-state index in [-0.39, 0.29) is 11.9 Å². The van der Waals surface area contributed by atoms with E-state index in [0.29, 0.717) is 46.8 Å². The van der Waals surface area contributed by atoms with Gasteiger partial charge < -0.3 is 14.2 Å². The molecule has 140 valence electrons. The normalized spacial score (nSPS) is 16.7. The van der Waals surface area contributed by atoms with Gasteiger partial charge >= 0.3 is 0 Å². The van der Waals surface area contributed by atoms with Gasteiger partial charge in [-0.05, 0) is 31.5 Å². The van der Waals surface area contributed by atoms with Crippen LogP contribution in [0.3, 0.4) is 0 Å². The Morgan fingerprint density at radius 1 is 1.41 bits per heavy atom. The first kappa shape index (κ1) is 17.5. The van der Waals surface area contributed by atoms with Gasteiger partial charge in [-0.2, -0.15) is 4.98 Å². The molecule has 0 spiro atoms. The summed E-state index contributed by atoms with van der Waals surface area (Å²) in [7, 11) is 1.53. The molecule has 0 radical (unpaired) electrons. The van der Waals surface area contributed by atoms with Gasteiger partial charge in [-0.3, -0.25) is 4.79 Å². The lowest BCUT2D eigenvalue weighted by molar-refractivity contribution is 0.0783. The molecule has 0 saturated carbocycles. The Morgan fingerprint density at radius 3 is 3.00 bits per heavy atom. The molecule has 1 atom stereocenters. The molecule has 1 fully saturated rings. The SMILES string of the molecule is COc1ccc(Cl)cc1C(=O)N1CC[C@H](n2cc(-c3nc(C)no3)nn2)C1. The lowest BCUT2D eigenvalue weighted by atomic mass is 10.1. The van der Waals surface area contributed by atoms with E-state index >= 15 is 0 Å². The first-order valence-electron chi connectivity index (χ1n) is 8.40. The minimum Gasteiger partial charge on any atom is -0.496 e. The van der Waals surface area contributed by atoms with Crippen molar-refractivity contribution in [2.75, 3.05) is 20.2 Å². The molecule has 4 rings (SSSR count). The molecule has 3 aromatic rings. The first-order chi connectivity index (χ1) is 13.0. The molecular formula is C17H17ClN6O3. The molecule has 1 aliphatic heterocycles. The third kappa shape index (κ3) is 3.37. The highest BCUT2D eigenvalue weighted by Gasteiger charge is 2.30. The van der Waals surface area contributed by atoms with Gasteiger partial charge in [0.1, 0.15) is 5.75 Å². The van der Waals surface area contributed by atoms with Crippen LogP contribution in [0.4, 0.5) is 0 Å². The van der Waals surface area contributed by atoms with Crippen LogP contribution in [0.5, 0.6) is 5.75 Å². The van der Waals surface area contributed by atoms with Gasteiger partial charge in [0.25, 0.3) is 11.8 Å². The Labute approximate surface area is 159 Å². The third-order valence-electron chi connectivity index (χ3n) is 4.47. The minimum atomic E-state index is -0.121. The summed E-state index contributed by atoms with van der Waals surface area (Å²) < 4.78 is 12.1. The quantitative estimate of drug-likeness (QED) is 0.676. The van der Waals surface area contributed by atoms with Gasteiger partial charge in [0.15, 0.2) is 11.5 Å². The standard InChI is InChI=1S/C17H17ClN6O3/c1-10-19-16(27-21-10)14-9-24(22-20-14)12-5-6-23(8-12)17(25)13-7-11(18)3-4-15(13)26-2/h3-4,7,9,12H,5-6,8H2,1-2H3/t12-/m0/s1. The number of likely N-dealkylation sites (tertiary alicyclic amines) is 1. The molecule has 27 heavy (non-hydrogen) atoms. The van der Waals surface area contributed by atoms with Gasteiger partial charge in [-0.15, -0.1) is 5.10 Å². The zero-order valence-corrected chi connectivity index (χ0v) is 15.5. The highest BCUT2D eigenvalue weighted by atomic mass is 35.5. The van der Waals surface area contributed by atoms with Crippen molar-refractivity contribution in [3.05, 3.63) is 40.8 Å². The smallest absolute Gasteiger partial charge is 0.280 e. The van der Waals surface area contributed by atoms with Crippen LogP contribution in [0.1, 0.15) is 28.6 Å². The molecule has 1 aromatic carbocycles. The van der Waals surface area contributed by atoms with Crippen LogP contribution in [-0.2, 0) is 0 Å². The largest absolute Gasteiger partial charge is 0.496 e. The van der Waals surface area contributed by atoms with Crippen LogP contribution in [-0.4, -0.2) is 56.1 Å². The summed E-state index contributed by atoms with van der Waals surface area (Å²) in [5.41, 5.74) is 0.961. The van der Waals surface area contributed by atoms with Gasteiger partial charge in [0, 0.05) is 18.1 Å². The van der Waals surface area contributed by atoms with Crippen LogP contribution >= 0.6 is 11.6 Å². The molecule has 0 aliphatic carbocycles. The zero-order chi connectivity index (χ0) is 19.0. The molecule has 0 bridgehead atoms. The van der Waals surface area contributed by atoms with Crippen LogP contribution < -0.4 is 4.74 Å². The Hall–Kier alpha value is -2.94. The lowest BCUT2D eigenvalue weighted by Gasteiger charge is -2.18. The van der Waals surface area contributed by atoms with E-state index in [2.05, 4.69) is 20.5 Å². The second-order valence-corrected chi connectivity index (χ2v) is 6.71. The maximum atomic E-state index is 12.9. The molecule has 2 aromatic heterocycles. The van der Waals surface area contributed by atoms with Crippen molar-refractivity contribution in [2.45, 2.75) is 19.4 Å². The number of halogens is 1. The zero-order valence-electron chi connectivity index (χ0n) is 14.8. The maximum absolute atomic E-state index is 12.9. The molecule has 1 saturated heterocycles. The summed E-state index contributed by atoms with van der Waals surface area (Å²) in [6, 6.07) is 5.03. The Balaban J connectivity index is 1.50. The number of carbonyl (C=O) groups excluding carboxylic acids is 1. The fraction of sp³-hybridized carbons (Fsp3) is 0.353. The van der Waals surface area contributed by atoms with Crippen molar-refractivity contribution in [3.8, 4) is 17.3 Å². The van der Waals surface area contributed by atoms with Crippen molar-refractivity contribution >= 4 is 17.5 Å². The van der Waals surface area contributed by atoms with Crippen LogP contribution in [0.15, 0.2) is 28.9 Å². The number of benzene rings is 1. The second kappa shape index (κ2) is 6.99. The number of carbonyl (C=O) groups is 1. The van der Waals surface area contributed by atoms with E-state index in [4.69, 9.17) is 20.9 Å². The number of hydrogen-bond donors (Lipinski definition) is 0. The van der Waals surface area contributed by atoms with Crippen molar-refractivity contribution in [1.29, 1.82) is 0 Å². The van der Waals surface area contributed by atoms with Crippen LogP contribution in [0.25, 0.3) is 11.6 Å². The summed E-state index contributed by atoms with van der Waals surface area (Å²) in [5, 5.41) is 12.5. The average molecular weight is 389 g/mol. The fourth-order valence-corrected chi connectivity index (χ4v) is 3.29. The third-order valence-corrected chi connectivity index (χ3v) is 4.71. The van der Waals surface area contributed by atoms with Crippen molar-refractivity contribution in [1.82, 2.24) is 30.0 Å². The molecule has 3 heterocycles. The Bertz CT molecular complexity index is 985. The maximum Gasteiger partial charge on any atom is 0.280 e. The molecule has 1 amide bonds. The molecular weight excluding hydrogens is 372 g/mol. The highest BCUT2D eigenvalue weighted by Crippen LogP contribution is 2.28. The molecule has 0 N–H and O–H groups in total. The van der Waals surface area contributed by atoms with Crippen molar-refractivity contribution in [2.24, 2.45) is 0 Å². The summed E-state index contributed by atoms with van der Waals surface area (Å²) in [4.78, 5) is 18.8. The predicted octanol–water partition coefficient (Wildman–Crippen LogP) is 2.39. The highest BCUT2D eigenvalue weighted by molar-refractivity contribution is 6.31. The monoisotopic (exact) mass is 388 g/mol. The number of methoxy groups -OCH3 is 1. The van der Waals surface area contributed by atoms with Crippen LogP contribution in [0.2, 0.25) is 5.02 Å². The van der Waals surface area contributed by atoms with Gasteiger partial charge in [0.05, 0.1) is 24.9 Å². The Kier molecular flexibility index (Phi) is 4.53. The first-order valence-corrected chi connectivity index (χ1v) is 8.78. The van der Waals surface area contributed by atoms with Crippen molar-refractivity contribution in [3.63, 3.8) is 0 Å². The number of rotatable bonds is 4. The van der Waals surface area contributed by atoms with Gasteiger partial charge in [-0.1, -0.05) is 22.0 Å². The van der Waals surface area contributed by atoms with Crippen LogP contribution in [0, 0.1) is 6.92 Å². The van der Waals surface area contributed by atoms with E-state index in [9.17, 15) is 4.79 Å². The second-order valence-electron chi connectivity index (χ2n) is 6.27. The molecule has 0 unspecified atom stereocenters. The average Bonchev–Trinajstić information content (AvgIpc) is 3.40. The molecule has 1 aliphatic rings. The van der Waals surface area contributed by atoms with E-state index < -0.39 is 0 Å². The van der Waals surface area contributed by atoms with E-state index in [1.165, 1.54) is 7.11 Å². The number of aromatic nitrogens is 5. The van der Waals surface area contributed by atoms with Gasteiger partial charge in [0.2, 0.25) is 0 Å². The lowest BCUT2D eigenvalue weighted by Crippen LogP contribution is -2.29. The number of amides is 1. The molecule has 10 heteroatoms. The summed E-state index contributed by atoms with van der Waals surface area (Å²) in [5.74, 6) is 1.24. The molecule has 9 nitrogen and oxygen atoms in total. The van der Waals surface area contributed by atoms with E-state index in [0.717, 1.165) is 6.42 Å². The van der Waals surface area contributed by atoms with Crippen molar-refractivity contribution < 1.29 is 14.1 Å². The topological polar surface area (TPSA) is 99.2 Å². The number of nitrogens with zero attached hydrogens (tertiary/aromatic N) is 6. The summed E-state index contributed by atoms with van der Waals surface area (Å²) in [6.45, 7) is 2.86. The number of ether oxygens (including phenoxy) is 1. The fourth-order valence-electron chi connectivity index (χ4n) is 3.11. The van der Waals surface area contributed by atoms with Gasteiger partial charge in [-0.25, -0.2) is 4.68 Å². The van der Waals surface area contributed by atoms with E-state index in [1.807, 2.05) is 0 Å².